The van der Waals surface area contributed by atoms with Crippen molar-refractivity contribution in [3.63, 3.8) is 0 Å². The Kier molecular flexibility index (Phi) is 4.93. The number of aromatic nitrogens is 4. The Morgan fingerprint density at radius 3 is 2.69 bits per heavy atom. The molecule has 0 unspecified atom stereocenters. The fourth-order valence-electron chi connectivity index (χ4n) is 2.73. The summed E-state index contributed by atoms with van der Waals surface area (Å²) in [6.45, 7) is 0. The maximum Gasteiger partial charge on any atom is 0.229 e. The van der Waals surface area contributed by atoms with Crippen molar-refractivity contribution in [2.24, 2.45) is 0 Å². The number of benzene rings is 2. The zero-order valence-corrected chi connectivity index (χ0v) is 15.3. The quantitative estimate of drug-likeness (QED) is 0.389. The predicted octanol–water partition coefficient (Wildman–Crippen LogP) is 4.21. The Labute approximate surface area is 165 Å². The van der Waals surface area contributed by atoms with Crippen LogP contribution in [0.15, 0.2) is 60.9 Å². The first-order valence-corrected chi connectivity index (χ1v) is 8.66. The number of anilines is 4. The number of rotatable bonds is 6. The number of phenols is 1. The lowest BCUT2D eigenvalue weighted by atomic mass is 10.1. The van der Waals surface area contributed by atoms with Crippen LogP contribution in [0.4, 0.5) is 27.5 Å². The van der Waals surface area contributed by atoms with E-state index in [0.717, 1.165) is 17.5 Å². The van der Waals surface area contributed by atoms with E-state index in [4.69, 9.17) is 4.74 Å². The number of phenolic OH excluding ortho intramolecular Hbond substituents is 1. The minimum absolute atomic E-state index is 0.0157. The van der Waals surface area contributed by atoms with Gasteiger partial charge in [0, 0.05) is 29.2 Å². The van der Waals surface area contributed by atoms with E-state index in [0.29, 0.717) is 17.1 Å². The number of ether oxygens (including phenoxy) is 1. The van der Waals surface area contributed by atoms with E-state index >= 15 is 0 Å². The minimum atomic E-state index is -0.597. The molecule has 2 heterocycles. The molecule has 0 saturated heterocycles. The third-order valence-electron chi connectivity index (χ3n) is 4.12. The zero-order valence-electron chi connectivity index (χ0n) is 15.3. The van der Waals surface area contributed by atoms with E-state index < -0.39 is 5.82 Å². The van der Waals surface area contributed by atoms with Gasteiger partial charge in [0.05, 0.1) is 19.0 Å². The standard InChI is InChI=1S/C20H17FN6O2/c1-29-18-6-5-14(10-17(18)28)25-20-22-11-15(21)19(26-20)24-13-4-2-3-12(9-13)16-7-8-23-27-16/h2-11,28H,1H3,(H,23,27)(H2,22,24,25,26). The van der Waals surface area contributed by atoms with Gasteiger partial charge < -0.3 is 20.5 Å². The summed E-state index contributed by atoms with van der Waals surface area (Å²) in [5.74, 6) is -0.103. The maximum atomic E-state index is 14.2. The topological polar surface area (TPSA) is 108 Å². The van der Waals surface area contributed by atoms with E-state index in [9.17, 15) is 9.50 Å². The number of nitrogens with zero attached hydrogens (tertiary/aromatic N) is 3. The molecule has 0 radical (unpaired) electrons. The van der Waals surface area contributed by atoms with Crippen LogP contribution < -0.4 is 15.4 Å². The van der Waals surface area contributed by atoms with Crippen molar-refractivity contribution >= 4 is 23.1 Å². The molecule has 0 fully saturated rings. The van der Waals surface area contributed by atoms with Crippen LogP contribution in [0.1, 0.15) is 0 Å². The van der Waals surface area contributed by atoms with Gasteiger partial charge in [-0.2, -0.15) is 10.1 Å². The zero-order chi connectivity index (χ0) is 20.2. The van der Waals surface area contributed by atoms with Gasteiger partial charge in [-0.05, 0) is 30.3 Å². The summed E-state index contributed by atoms with van der Waals surface area (Å²) in [5.41, 5.74) is 2.93. The van der Waals surface area contributed by atoms with Crippen molar-refractivity contribution in [1.82, 2.24) is 20.2 Å². The Bertz CT molecular complexity index is 1130. The van der Waals surface area contributed by atoms with E-state index in [1.54, 1.807) is 24.4 Å². The van der Waals surface area contributed by atoms with Gasteiger partial charge in [-0.1, -0.05) is 12.1 Å². The van der Waals surface area contributed by atoms with Crippen molar-refractivity contribution in [1.29, 1.82) is 0 Å². The predicted molar refractivity (Wildman–Crippen MR) is 107 cm³/mol. The molecule has 29 heavy (non-hydrogen) atoms. The highest BCUT2D eigenvalue weighted by Gasteiger charge is 2.10. The second-order valence-corrected chi connectivity index (χ2v) is 6.08. The fraction of sp³-hybridized carbons (Fsp3) is 0.0500. The first-order valence-electron chi connectivity index (χ1n) is 8.66. The molecule has 0 aliphatic carbocycles. The summed E-state index contributed by atoms with van der Waals surface area (Å²) in [6, 6.07) is 14.0. The fourth-order valence-corrected chi connectivity index (χ4v) is 2.73. The SMILES string of the molecule is COc1ccc(Nc2ncc(F)c(Nc3cccc(-c4ccn[nH]4)c3)n2)cc1O. The molecule has 2 aromatic carbocycles. The Morgan fingerprint density at radius 2 is 1.93 bits per heavy atom. The molecular weight excluding hydrogens is 375 g/mol. The minimum Gasteiger partial charge on any atom is -0.504 e. The van der Waals surface area contributed by atoms with E-state index in [1.165, 1.54) is 13.2 Å². The van der Waals surface area contributed by atoms with Crippen LogP contribution in [0.5, 0.6) is 11.5 Å². The lowest BCUT2D eigenvalue weighted by Crippen LogP contribution is -2.03. The molecule has 2 aromatic heterocycles. The van der Waals surface area contributed by atoms with E-state index in [-0.39, 0.29) is 17.5 Å². The third-order valence-corrected chi connectivity index (χ3v) is 4.12. The van der Waals surface area contributed by atoms with E-state index in [2.05, 4.69) is 30.8 Å². The molecule has 0 aliphatic heterocycles. The third kappa shape index (κ3) is 4.08. The van der Waals surface area contributed by atoms with Gasteiger partial charge in [0.2, 0.25) is 5.95 Å². The highest BCUT2D eigenvalue weighted by molar-refractivity contribution is 5.68. The second-order valence-electron chi connectivity index (χ2n) is 6.08. The van der Waals surface area contributed by atoms with Gasteiger partial charge in [0.1, 0.15) is 0 Å². The Hall–Kier alpha value is -4.14. The van der Waals surface area contributed by atoms with Crippen LogP contribution in [0.25, 0.3) is 11.3 Å². The highest BCUT2D eigenvalue weighted by atomic mass is 19.1. The van der Waals surface area contributed by atoms with Crippen molar-refractivity contribution < 1.29 is 14.2 Å². The van der Waals surface area contributed by atoms with Gasteiger partial charge in [-0.25, -0.2) is 9.37 Å². The second kappa shape index (κ2) is 7.85. The van der Waals surface area contributed by atoms with Crippen LogP contribution >= 0.6 is 0 Å². The van der Waals surface area contributed by atoms with Gasteiger partial charge in [0.15, 0.2) is 23.1 Å². The van der Waals surface area contributed by atoms with Gasteiger partial charge in [-0.15, -0.1) is 0 Å². The summed E-state index contributed by atoms with van der Waals surface area (Å²) < 4.78 is 19.3. The highest BCUT2D eigenvalue weighted by Crippen LogP contribution is 2.30. The van der Waals surface area contributed by atoms with Crippen LogP contribution in [-0.2, 0) is 0 Å². The van der Waals surface area contributed by atoms with Crippen LogP contribution in [0, 0.1) is 5.82 Å². The van der Waals surface area contributed by atoms with Crippen molar-refractivity contribution in [3.05, 3.63) is 66.7 Å². The average Bonchev–Trinajstić information content (AvgIpc) is 3.26. The lowest BCUT2D eigenvalue weighted by molar-refractivity contribution is 0.373. The first-order chi connectivity index (χ1) is 14.1. The molecule has 0 spiro atoms. The summed E-state index contributed by atoms with van der Waals surface area (Å²) >= 11 is 0. The molecule has 4 rings (SSSR count). The smallest absolute Gasteiger partial charge is 0.229 e. The number of hydrogen-bond acceptors (Lipinski definition) is 7. The molecule has 0 bridgehead atoms. The Balaban J connectivity index is 1.56. The number of hydrogen-bond donors (Lipinski definition) is 4. The lowest BCUT2D eigenvalue weighted by Gasteiger charge is -2.11. The number of nitrogens with one attached hydrogen (secondary N) is 3. The molecule has 146 valence electrons. The first kappa shape index (κ1) is 18.2. The largest absolute Gasteiger partial charge is 0.504 e. The molecule has 4 aromatic rings. The summed E-state index contributed by atoms with van der Waals surface area (Å²) in [7, 11) is 1.46. The van der Waals surface area contributed by atoms with Crippen LogP contribution in [-0.4, -0.2) is 32.4 Å². The van der Waals surface area contributed by atoms with Gasteiger partial charge in [-0.3, -0.25) is 5.10 Å². The number of halogens is 1. The van der Waals surface area contributed by atoms with Gasteiger partial charge >= 0.3 is 0 Å². The number of methoxy groups -OCH3 is 1. The number of aromatic hydroxyl groups is 1. The maximum absolute atomic E-state index is 14.2. The van der Waals surface area contributed by atoms with Crippen molar-refractivity contribution in [2.75, 3.05) is 17.7 Å². The molecule has 4 N–H and O–H groups in total. The number of H-pyrrole nitrogens is 1. The summed E-state index contributed by atoms with van der Waals surface area (Å²) in [6.07, 6.45) is 2.73. The number of aromatic amines is 1. The molecular formula is C20H17FN6O2. The van der Waals surface area contributed by atoms with Gasteiger partial charge in [0.25, 0.3) is 0 Å². The summed E-state index contributed by atoms with van der Waals surface area (Å²) in [4.78, 5) is 8.13. The molecule has 9 heteroatoms. The average molecular weight is 392 g/mol. The molecule has 0 aliphatic rings. The van der Waals surface area contributed by atoms with Crippen molar-refractivity contribution in [2.45, 2.75) is 0 Å². The Morgan fingerprint density at radius 1 is 1.07 bits per heavy atom. The van der Waals surface area contributed by atoms with Crippen molar-refractivity contribution in [3.8, 4) is 22.8 Å². The normalized spacial score (nSPS) is 10.6. The van der Waals surface area contributed by atoms with Crippen LogP contribution in [0.3, 0.4) is 0 Å². The molecule has 8 nitrogen and oxygen atoms in total. The molecule has 0 amide bonds. The summed E-state index contributed by atoms with van der Waals surface area (Å²) in [5, 5.41) is 22.6. The monoisotopic (exact) mass is 392 g/mol. The molecule has 0 atom stereocenters. The molecule has 0 saturated carbocycles. The van der Waals surface area contributed by atoms with Crippen LogP contribution in [0.2, 0.25) is 0 Å². The van der Waals surface area contributed by atoms with E-state index in [1.807, 2.05) is 24.3 Å².